The Labute approximate surface area is 187 Å². The quantitative estimate of drug-likeness (QED) is 0.426. The van der Waals surface area contributed by atoms with E-state index in [0.717, 1.165) is 16.3 Å². The van der Waals surface area contributed by atoms with Gasteiger partial charge in [-0.25, -0.2) is 9.37 Å². The average molecular weight is 450 g/mol. The normalized spacial score (nSPS) is 11.1. The molecule has 0 atom stereocenters. The summed E-state index contributed by atoms with van der Waals surface area (Å²) in [4.78, 5) is 16.7. The predicted octanol–water partition coefficient (Wildman–Crippen LogP) is 4.11. The number of ether oxygens (including phenoxy) is 1. The van der Waals surface area contributed by atoms with Crippen molar-refractivity contribution in [1.82, 2.24) is 25.2 Å². The molecule has 8 nitrogen and oxygen atoms in total. The maximum absolute atomic E-state index is 14.2. The van der Waals surface area contributed by atoms with Gasteiger partial charge in [0, 0.05) is 11.5 Å². The molecule has 162 valence electrons. The molecule has 0 bridgehead atoms. The van der Waals surface area contributed by atoms with E-state index in [2.05, 4.69) is 25.8 Å². The van der Waals surface area contributed by atoms with Crippen LogP contribution in [0.1, 0.15) is 22.1 Å². The highest BCUT2D eigenvalue weighted by atomic mass is 32.1. The molecular weight excluding hydrogens is 431 g/mol. The predicted molar refractivity (Wildman–Crippen MR) is 119 cm³/mol. The molecule has 0 saturated heterocycles. The summed E-state index contributed by atoms with van der Waals surface area (Å²) in [6, 6.07) is 11.6. The number of rotatable bonds is 7. The van der Waals surface area contributed by atoms with Crippen LogP contribution in [0.2, 0.25) is 0 Å². The summed E-state index contributed by atoms with van der Waals surface area (Å²) >= 11 is 1.57. The molecule has 10 heteroatoms. The molecule has 0 aliphatic rings. The van der Waals surface area contributed by atoms with Crippen molar-refractivity contribution in [2.45, 2.75) is 20.5 Å². The van der Waals surface area contributed by atoms with Gasteiger partial charge in [-0.05, 0) is 66.2 Å². The minimum atomic E-state index is -0.561. The summed E-state index contributed by atoms with van der Waals surface area (Å²) in [5, 5.41) is 16.7. The smallest absolute Gasteiger partial charge is 0.248 e. The number of benzene rings is 2. The van der Waals surface area contributed by atoms with Crippen LogP contribution in [-0.4, -0.2) is 31.1 Å². The monoisotopic (exact) mass is 450 g/mol. The second-order valence-corrected chi connectivity index (χ2v) is 7.91. The van der Waals surface area contributed by atoms with E-state index in [1.807, 2.05) is 36.6 Å². The van der Waals surface area contributed by atoms with Crippen LogP contribution in [-0.2, 0) is 11.4 Å². The summed E-state index contributed by atoms with van der Waals surface area (Å²) in [7, 11) is 0. The third kappa shape index (κ3) is 5.22. The van der Waals surface area contributed by atoms with Gasteiger partial charge in [0.1, 0.15) is 18.2 Å². The number of anilines is 1. The Balaban J connectivity index is 1.41. The molecule has 2 aromatic carbocycles. The second kappa shape index (κ2) is 9.48. The molecule has 1 N–H and O–H groups in total. The van der Waals surface area contributed by atoms with E-state index in [0.29, 0.717) is 23.9 Å². The summed E-state index contributed by atoms with van der Waals surface area (Å²) in [5.74, 6) is 0.169. The number of carbonyl (C=O) groups is 1. The molecule has 0 spiro atoms. The maximum Gasteiger partial charge on any atom is 0.248 e. The fourth-order valence-corrected chi connectivity index (χ4v) is 3.49. The number of thiazole rings is 1. The molecule has 0 unspecified atom stereocenters. The van der Waals surface area contributed by atoms with Crippen LogP contribution < -0.4 is 10.1 Å². The third-order valence-corrected chi connectivity index (χ3v) is 5.24. The average Bonchev–Trinajstić information content (AvgIpc) is 3.40. The van der Waals surface area contributed by atoms with Gasteiger partial charge >= 0.3 is 0 Å². The van der Waals surface area contributed by atoms with Gasteiger partial charge in [0.2, 0.25) is 5.91 Å². The fraction of sp³-hybridized carbons (Fsp3) is 0.136. The number of aromatic nitrogens is 5. The molecule has 0 aliphatic heterocycles. The van der Waals surface area contributed by atoms with Crippen molar-refractivity contribution in [2.24, 2.45) is 0 Å². The number of carbonyl (C=O) groups excluding carboxylic acids is 1. The first-order valence-corrected chi connectivity index (χ1v) is 10.5. The minimum absolute atomic E-state index is 0.0303. The van der Waals surface area contributed by atoms with Crippen molar-refractivity contribution < 1.29 is 13.9 Å². The SMILES string of the molecule is Cc1nc(COc2cccc(/C=C/C(=O)Nc3cc(-n4nnnc4C)ccc3F)c2)cs1. The molecule has 0 aliphatic carbocycles. The van der Waals surface area contributed by atoms with E-state index in [1.54, 1.807) is 24.3 Å². The third-order valence-electron chi connectivity index (χ3n) is 4.42. The van der Waals surface area contributed by atoms with E-state index in [4.69, 9.17) is 4.74 Å². The summed E-state index contributed by atoms with van der Waals surface area (Å²) in [6.45, 7) is 4.04. The van der Waals surface area contributed by atoms with Crippen LogP contribution in [0.4, 0.5) is 10.1 Å². The standard InChI is InChI=1S/C22H19FN6O2S/c1-14-26-27-28-29(14)18-7-8-20(23)21(11-18)25-22(30)9-6-16-4-3-5-19(10-16)31-12-17-13-32-15(2)24-17/h3-11,13H,12H2,1-2H3,(H,25,30)/b9-6+. The molecule has 0 fully saturated rings. The zero-order valence-electron chi connectivity index (χ0n) is 17.3. The van der Waals surface area contributed by atoms with Gasteiger partial charge in [0.25, 0.3) is 0 Å². The first kappa shape index (κ1) is 21.3. The summed E-state index contributed by atoms with van der Waals surface area (Å²) < 4.78 is 21.4. The molecule has 2 heterocycles. The van der Waals surface area contributed by atoms with Crippen LogP contribution in [0.5, 0.6) is 5.75 Å². The van der Waals surface area contributed by atoms with Crippen LogP contribution in [0.15, 0.2) is 53.9 Å². The molecule has 32 heavy (non-hydrogen) atoms. The summed E-state index contributed by atoms with van der Waals surface area (Å²) in [5.41, 5.74) is 2.20. The molecule has 1 amide bonds. The molecule has 0 saturated carbocycles. The highest BCUT2D eigenvalue weighted by Gasteiger charge is 2.10. The van der Waals surface area contributed by atoms with E-state index in [-0.39, 0.29) is 5.69 Å². The minimum Gasteiger partial charge on any atom is -0.487 e. The lowest BCUT2D eigenvalue weighted by Gasteiger charge is -2.08. The highest BCUT2D eigenvalue weighted by Crippen LogP contribution is 2.20. The van der Waals surface area contributed by atoms with Crippen LogP contribution in [0.25, 0.3) is 11.8 Å². The van der Waals surface area contributed by atoms with Crippen LogP contribution in [0.3, 0.4) is 0 Å². The number of hydrogen-bond acceptors (Lipinski definition) is 7. The lowest BCUT2D eigenvalue weighted by Crippen LogP contribution is -2.10. The Kier molecular flexibility index (Phi) is 6.31. The maximum atomic E-state index is 14.2. The summed E-state index contributed by atoms with van der Waals surface area (Å²) in [6.07, 6.45) is 2.96. The molecule has 2 aromatic heterocycles. The first-order valence-electron chi connectivity index (χ1n) is 9.66. The van der Waals surface area contributed by atoms with Crippen molar-refractivity contribution in [3.05, 3.63) is 81.8 Å². The lowest BCUT2D eigenvalue weighted by molar-refractivity contribution is -0.111. The first-order chi connectivity index (χ1) is 15.5. The van der Waals surface area contributed by atoms with E-state index in [9.17, 15) is 9.18 Å². The Bertz CT molecular complexity index is 1280. The molecule has 0 radical (unpaired) electrons. The second-order valence-electron chi connectivity index (χ2n) is 6.84. The van der Waals surface area contributed by atoms with Gasteiger partial charge in [-0.1, -0.05) is 12.1 Å². The molecule has 4 aromatic rings. The number of halogens is 1. The van der Waals surface area contributed by atoms with Crippen molar-refractivity contribution in [2.75, 3.05) is 5.32 Å². The number of nitrogens with zero attached hydrogens (tertiary/aromatic N) is 5. The number of hydrogen-bond donors (Lipinski definition) is 1. The van der Waals surface area contributed by atoms with Gasteiger partial charge in [-0.3, -0.25) is 4.79 Å². The van der Waals surface area contributed by atoms with Crippen LogP contribution >= 0.6 is 11.3 Å². The van der Waals surface area contributed by atoms with E-state index >= 15 is 0 Å². The van der Waals surface area contributed by atoms with E-state index < -0.39 is 11.7 Å². The van der Waals surface area contributed by atoms with Crippen LogP contribution in [0, 0.1) is 19.7 Å². The number of tetrazole rings is 1. The van der Waals surface area contributed by atoms with Crippen molar-refractivity contribution in [3.63, 3.8) is 0 Å². The van der Waals surface area contributed by atoms with Gasteiger partial charge in [0.15, 0.2) is 5.82 Å². The zero-order chi connectivity index (χ0) is 22.5. The van der Waals surface area contributed by atoms with Crippen molar-refractivity contribution >= 4 is 29.0 Å². The Morgan fingerprint density at radius 2 is 2.12 bits per heavy atom. The highest BCUT2D eigenvalue weighted by molar-refractivity contribution is 7.09. The Hall–Kier alpha value is -3.92. The number of amides is 1. The van der Waals surface area contributed by atoms with Gasteiger partial charge in [-0.15, -0.1) is 16.4 Å². The van der Waals surface area contributed by atoms with Gasteiger partial charge in [0.05, 0.1) is 22.1 Å². The topological polar surface area (TPSA) is 94.8 Å². The van der Waals surface area contributed by atoms with Gasteiger partial charge in [-0.2, -0.15) is 4.68 Å². The number of aryl methyl sites for hydroxylation is 2. The van der Waals surface area contributed by atoms with Gasteiger partial charge < -0.3 is 10.1 Å². The number of nitrogens with one attached hydrogen (secondary N) is 1. The zero-order valence-corrected chi connectivity index (χ0v) is 18.1. The Morgan fingerprint density at radius 3 is 2.88 bits per heavy atom. The van der Waals surface area contributed by atoms with E-state index in [1.165, 1.54) is 29.0 Å². The van der Waals surface area contributed by atoms with Crippen molar-refractivity contribution in [3.8, 4) is 11.4 Å². The Morgan fingerprint density at radius 1 is 1.25 bits per heavy atom. The fourth-order valence-electron chi connectivity index (χ4n) is 2.90. The molecule has 4 rings (SSSR count). The molecular formula is C22H19FN6O2S. The largest absolute Gasteiger partial charge is 0.487 e. The van der Waals surface area contributed by atoms with Crippen molar-refractivity contribution in [1.29, 1.82) is 0 Å². The lowest BCUT2D eigenvalue weighted by atomic mass is 10.2.